The molecule has 0 heterocycles. The first kappa shape index (κ1) is 19.4. The van der Waals surface area contributed by atoms with E-state index in [-0.39, 0.29) is 0 Å². The maximum absolute atomic E-state index is 12.5. The molecule has 0 aliphatic carbocycles. The van der Waals surface area contributed by atoms with Crippen LogP contribution >= 0.6 is 0 Å². The van der Waals surface area contributed by atoms with Crippen LogP contribution in [0.1, 0.15) is 16.7 Å². The second kappa shape index (κ2) is 7.95. The van der Waals surface area contributed by atoms with E-state index >= 15 is 0 Å². The molecule has 0 aliphatic rings. The van der Waals surface area contributed by atoms with Crippen LogP contribution in [0.4, 0.5) is 18.9 Å². The Bertz CT molecular complexity index is 812. The summed E-state index contributed by atoms with van der Waals surface area (Å²) in [6.07, 6.45) is -1.70. The molecule has 0 spiro atoms. The number of nitrogens with one attached hydrogen (secondary N) is 1. The van der Waals surface area contributed by atoms with Gasteiger partial charge in [-0.15, -0.1) is 0 Å². The lowest BCUT2D eigenvalue weighted by molar-refractivity contribution is -0.137. The lowest BCUT2D eigenvalue weighted by atomic mass is 10.1. The molecule has 4 nitrogen and oxygen atoms in total. The molecule has 0 saturated heterocycles. The highest BCUT2D eigenvalue weighted by molar-refractivity contribution is 6.02. The molecule has 0 unspecified atom stereocenters. The van der Waals surface area contributed by atoms with E-state index in [0.29, 0.717) is 22.7 Å². The molecule has 138 valence electrons. The molecule has 0 aliphatic heterocycles. The van der Waals surface area contributed by atoms with Gasteiger partial charge in [-0.2, -0.15) is 13.2 Å². The topological polar surface area (TPSA) is 47.6 Å². The second-order valence-electron chi connectivity index (χ2n) is 5.46. The summed E-state index contributed by atoms with van der Waals surface area (Å²) in [7, 11) is 3.01. The molecule has 0 bridgehead atoms. The van der Waals surface area contributed by atoms with Gasteiger partial charge in [-0.1, -0.05) is 12.1 Å². The van der Waals surface area contributed by atoms with Crippen LogP contribution in [-0.4, -0.2) is 20.1 Å². The average molecular weight is 365 g/mol. The fraction of sp³-hybridized carbons (Fsp3) is 0.211. The Morgan fingerprint density at radius 1 is 1.04 bits per heavy atom. The summed E-state index contributed by atoms with van der Waals surface area (Å²) in [6.45, 7) is 1.80. The highest BCUT2D eigenvalue weighted by atomic mass is 19.4. The largest absolute Gasteiger partial charge is 0.493 e. The van der Waals surface area contributed by atoms with Crippen LogP contribution in [0.15, 0.2) is 42.5 Å². The molecule has 0 atom stereocenters. The number of rotatable bonds is 5. The predicted molar refractivity (Wildman–Crippen MR) is 93.4 cm³/mol. The van der Waals surface area contributed by atoms with Gasteiger partial charge in [-0.05, 0) is 42.3 Å². The quantitative estimate of drug-likeness (QED) is 0.783. The third-order valence-electron chi connectivity index (χ3n) is 3.65. The number of anilines is 1. The van der Waals surface area contributed by atoms with Crippen molar-refractivity contribution in [3.05, 3.63) is 59.2 Å². The first-order chi connectivity index (χ1) is 12.2. The van der Waals surface area contributed by atoms with Crippen molar-refractivity contribution in [1.82, 2.24) is 0 Å². The van der Waals surface area contributed by atoms with Crippen LogP contribution < -0.4 is 14.8 Å². The summed E-state index contributed by atoms with van der Waals surface area (Å²) in [5.74, 6) is 0.601. The van der Waals surface area contributed by atoms with E-state index < -0.39 is 17.6 Å². The number of carbonyl (C=O) groups excluding carboxylic acids is 1. The van der Waals surface area contributed by atoms with E-state index in [1.54, 1.807) is 19.1 Å². The number of aryl methyl sites for hydroxylation is 1. The van der Waals surface area contributed by atoms with Crippen molar-refractivity contribution < 1.29 is 27.4 Å². The number of methoxy groups -OCH3 is 2. The van der Waals surface area contributed by atoms with Gasteiger partial charge < -0.3 is 14.8 Å². The molecule has 0 fully saturated rings. The number of benzene rings is 2. The number of ether oxygens (including phenoxy) is 2. The first-order valence-corrected chi connectivity index (χ1v) is 7.63. The van der Waals surface area contributed by atoms with E-state index in [9.17, 15) is 18.0 Å². The molecule has 2 rings (SSSR count). The van der Waals surface area contributed by atoms with E-state index in [2.05, 4.69) is 5.32 Å². The molecule has 0 radical (unpaired) electrons. The summed E-state index contributed by atoms with van der Waals surface area (Å²) < 4.78 is 48.0. The molecule has 1 N–H and O–H groups in total. The first-order valence-electron chi connectivity index (χ1n) is 7.63. The second-order valence-corrected chi connectivity index (χ2v) is 5.46. The lowest BCUT2D eigenvalue weighted by Crippen LogP contribution is -2.09. The maximum Gasteiger partial charge on any atom is 0.416 e. The molecule has 2 aromatic rings. The zero-order valence-corrected chi connectivity index (χ0v) is 14.5. The van der Waals surface area contributed by atoms with Crippen LogP contribution in [0.2, 0.25) is 0 Å². The smallest absolute Gasteiger partial charge is 0.416 e. The van der Waals surface area contributed by atoms with Crippen molar-refractivity contribution in [3.63, 3.8) is 0 Å². The summed E-state index contributed by atoms with van der Waals surface area (Å²) in [6, 6.07) is 7.90. The molecule has 1 amide bonds. The third-order valence-corrected chi connectivity index (χ3v) is 3.65. The molecule has 0 aromatic heterocycles. The molecular formula is C19H18F3NO3. The van der Waals surface area contributed by atoms with Crippen molar-refractivity contribution in [3.8, 4) is 11.5 Å². The van der Waals surface area contributed by atoms with Crippen molar-refractivity contribution in [2.24, 2.45) is 0 Å². The number of amides is 1. The fourth-order valence-electron chi connectivity index (χ4n) is 2.24. The predicted octanol–water partition coefficient (Wildman–Crippen LogP) is 4.68. The van der Waals surface area contributed by atoms with E-state index in [0.717, 1.165) is 17.7 Å². The van der Waals surface area contributed by atoms with Crippen LogP contribution in [0.5, 0.6) is 11.5 Å². The Morgan fingerprint density at radius 2 is 1.62 bits per heavy atom. The summed E-state index contributed by atoms with van der Waals surface area (Å²) in [5.41, 5.74) is 1.07. The minimum absolute atomic E-state index is 0.416. The van der Waals surface area contributed by atoms with Gasteiger partial charge in [-0.3, -0.25) is 4.79 Å². The van der Waals surface area contributed by atoms with Crippen molar-refractivity contribution >= 4 is 17.7 Å². The van der Waals surface area contributed by atoms with Gasteiger partial charge in [0.2, 0.25) is 5.91 Å². The number of hydrogen-bond acceptors (Lipinski definition) is 3. The summed E-state index contributed by atoms with van der Waals surface area (Å²) in [5, 5.41) is 2.70. The van der Waals surface area contributed by atoms with E-state index in [1.807, 2.05) is 0 Å². The standard InChI is InChI=1S/C19H18F3NO3/c1-12-10-16(25-2)17(26-3)11-15(12)23-18(24)9-6-13-4-7-14(8-5-13)19(20,21)22/h4-11H,1-3H3,(H,23,24). The highest BCUT2D eigenvalue weighted by Gasteiger charge is 2.29. The summed E-state index contributed by atoms with van der Waals surface area (Å²) in [4.78, 5) is 12.1. The SMILES string of the molecule is COc1cc(C)c(NC(=O)C=Cc2ccc(C(F)(F)F)cc2)cc1OC. The zero-order valence-electron chi connectivity index (χ0n) is 14.5. The summed E-state index contributed by atoms with van der Waals surface area (Å²) >= 11 is 0. The Labute approximate surface area is 149 Å². The molecule has 26 heavy (non-hydrogen) atoms. The minimum Gasteiger partial charge on any atom is -0.493 e. The normalized spacial score (nSPS) is 11.5. The van der Waals surface area contributed by atoms with Crippen molar-refractivity contribution in [2.75, 3.05) is 19.5 Å². The number of alkyl halides is 3. The van der Waals surface area contributed by atoms with Gasteiger partial charge in [0, 0.05) is 17.8 Å². The maximum atomic E-state index is 12.5. The van der Waals surface area contributed by atoms with Gasteiger partial charge >= 0.3 is 6.18 Å². The zero-order chi connectivity index (χ0) is 19.3. The molecule has 0 saturated carbocycles. The van der Waals surface area contributed by atoms with Crippen molar-refractivity contribution in [1.29, 1.82) is 0 Å². The number of hydrogen-bond donors (Lipinski definition) is 1. The average Bonchev–Trinajstić information content (AvgIpc) is 2.60. The van der Waals surface area contributed by atoms with Gasteiger partial charge in [0.05, 0.1) is 19.8 Å². The lowest BCUT2D eigenvalue weighted by Gasteiger charge is -2.12. The van der Waals surface area contributed by atoms with E-state index in [4.69, 9.17) is 9.47 Å². The van der Waals surface area contributed by atoms with Crippen molar-refractivity contribution in [2.45, 2.75) is 13.1 Å². The molecular weight excluding hydrogens is 347 g/mol. The molecule has 2 aromatic carbocycles. The fourth-order valence-corrected chi connectivity index (χ4v) is 2.24. The van der Waals surface area contributed by atoms with Crippen LogP contribution in [0.25, 0.3) is 6.08 Å². The van der Waals surface area contributed by atoms with Crippen LogP contribution in [-0.2, 0) is 11.0 Å². The van der Waals surface area contributed by atoms with Gasteiger partial charge in [0.1, 0.15) is 0 Å². The van der Waals surface area contributed by atoms with Gasteiger partial charge in [-0.25, -0.2) is 0 Å². The third kappa shape index (κ3) is 4.78. The Hall–Kier alpha value is -2.96. The Kier molecular flexibility index (Phi) is 5.92. The monoisotopic (exact) mass is 365 g/mol. The number of carbonyl (C=O) groups is 1. The van der Waals surface area contributed by atoms with Gasteiger partial charge in [0.15, 0.2) is 11.5 Å². The minimum atomic E-state index is -4.38. The Balaban J connectivity index is 2.10. The van der Waals surface area contributed by atoms with Crippen LogP contribution in [0, 0.1) is 6.92 Å². The Morgan fingerprint density at radius 3 is 2.15 bits per heavy atom. The van der Waals surface area contributed by atoms with Crippen LogP contribution in [0.3, 0.4) is 0 Å². The highest BCUT2D eigenvalue weighted by Crippen LogP contribution is 2.33. The number of halogens is 3. The van der Waals surface area contributed by atoms with Gasteiger partial charge in [0.25, 0.3) is 0 Å². The van der Waals surface area contributed by atoms with E-state index in [1.165, 1.54) is 38.5 Å². The molecule has 7 heteroatoms.